The minimum atomic E-state index is -0.540. The first-order valence-electron chi connectivity index (χ1n) is 7.10. The SMILES string of the molecule is Cc1ccc(C(O)C2CN(C(C)C)CCO2)c(C)c1. The third-order valence-corrected chi connectivity index (χ3v) is 3.95. The van der Waals surface area contributed by atoms with E-state index in [2.05, 4.69) is 44.7 Å². The van der Waals surface area contributed by atoms with Crippen molar-refractivity contribution >= 4 is 0 Å². The molecule has 0 saturated carbocycles. The zero-order chi connectivity index (χ0) is 14.0. The normalized spacial score (nSPS) is 22.7. The van der Waals surface area contributed by atoms with Crippen molar-refractivity contribution in [1.29, 1.82) is 0 Å². The number of ether oxygens (including phenoxy) is 1. The van der Waals surface area contributed by atoms with Crippen molar-refractivity contribution in [3.8, 4) is 0 Å². The van der Waals surface area contributed by atoms with E-state index in [9.17, 15) is 5.11 Å². The van der Waals surface area contributed by atoms with Crippen LogP contribution in [0.4, 0.5) is 0 Å². The molecular weight excluding hydrogens is 238 g/mol. The molecule has 0 radical (unpaired) electrons. The number of nitrogens with zero attached hydrogens (tertiary/aromatic N) is 1. The molecule has 3 heteroatoms. The zero-order valence-corrected chi connectivity index (χ0v) is 12.4. The second-order valence-electron chi connectivity index (χ2n) is 5.80. The fraction of sp³-hybridized carbons (Fsp3) is 0.625. The lowest BCUT2D eigenvalue weighted by Crippen LogP contribution is -2.47. The molecule has 0 aliphatic carbocycles. The van der Waals surface area contributed by atoms with Crippen LogP contribution in [0, 0.1) is 13.8 Å². The van der Waals surface area contributed by atoms with Gasteiger partial charge in [-0.25, -0.2) is 0 Å². The number of hydrogen-bond acceptors (Lipinski definition) is 3. The zero-order valence-electron chi connectivity index (χ0n) is 12.4. The minimum absolute atomic E-state index is 0.127. The fourth-order valence-electron chi connectivity index (χ4n) is 2.71. The largest absolute Gasteiger partial charge is 0.386 e. The highest BCUT2D eigenvalue weighted by Gasteiger charge is 2.29. The van der Waals surface area contributed by atoms with Crippen LogP contribution in [0.25, 0.3) is 0 Å². The number of hydrogen-bond donors (Lipinski definition) is 1. The van der Waals surface area contributed by atoms with E-state index in [0.717, 1.165) is 24.2 Å². The molecule has 1 saturated heterocycles. The summed E-state index contributed by atoms with van der Waals surface area (Å²) in [7, 11) is 0. The first-order chi connectivity index (χ1) is 8.99. The van der Waals surface area contributed by atoms with E-state index < -0.39 is 6.10 Å². The second kappa shape index (κ2) is 6.04. The lowest BCUT2D eigenvalue weighted by atomic mass is 9.96. The molecule has 3 nitrogen and oxygen atoms in total. The molecule has 2 unspecified atom stereocenters. The summed E-state index contributed by atoms with van der Waals surface area (Å²) >= 11 is 0. The molecule has 1 aromatic rings. The Morgan fingerprint density at radius 1 is 1.32 bits per heavy atom. The van der Waals surface area contributed by atoms with Crippen LogP contribution in [0.1, 0.15) is 36.6 Å². The Bertz CT molecular complexity index is 431. The fourth-order valence-corrected chi connectivity index (χ4v) is 2.71. The van der Waals surface area contributed by atoms with Crippen LogP contribution in [0.15, 0.2) is 18.2 Å². The van der Waals surface area contributed by atoms with E-state index >= 15 is 0 Å². The van der Waals surface area contributed by atoms with Gasteiger partial charge in [-0.15, -0.1) is 0 Å². The predicted molar refractivity (Wildman–Crippen MR) is 77.3 cm³/mol. The van der Waals surface area contributed by atoms with Crippen LogP contribution >= 0.6 is 0 Å². The van der Waals surface area contributed by atoms with Crippen LogP contribution < -0.4 is 0 Å². The summed E-state index contributed by atoms with van der Waals surface area (Å²) in [5.41, 5.74) is 3.35. The van der Waals surface area contributed by atoms with Gasteiger partial charge in [-0.2, -0.15) is 0 Å². The van der Waals surface area contributed by atoms with Crippen molar-refractivity contribution in [2.45, 2.75) is 45.9 Å². The van der Waals surface area contributed by atoms with Crippen LogP contribution in [0.2, 0.25) is 0 Å². The molecule has 0 spiro atoms. The predicted octanol–water partition coefficient (Wildman–Crippen LogP) is 2.45. The number of benzene rings is 1. The summed E-state index contributed by atoms with van der Waals surface area (Å²) in [4.78, 5) is 2.36. The van der Waals surface area contributed by atoms with Gasteiger partial charge in [0.15, 0.2) is 0 Å². The van der Waals surface area contributed by atoms with Gasteiger partial charge in [-0.1, -0.05) is 23.8 Å². The summed E-state index contributed by atoms with van der Waals surface area (Å²) < 4.78 is 5.77. The van der Waals surface area contributed by atoms with Crippen molar-refractivity contribution < 1.29 is 9.84 Å². The monoisotopic (exact) mass is 263 g/mol. The molecule has 1 N–H and O–H groups in total. The summed E-state index contributed by atoms with van der Waals surface area (Å²) in [5.74, 6) is 0. The standard InChI is InChI=1S/C16H25NO2/c1-11(2)17-7-8-19-15(10-17)16(18)14-6-5-12(3)9-13(14)4/h5-6,9,11,15-16,18H,7-8,10H2,1-4H3. The van der Waals surface area contributed by atoms with Gasteiger partial charge in [0.05, 0.1) is 6.61 Å². The molecule has 0 aromatic heterocycles. The van der Waals surface area contributed by atoms with Gasteiger partial charge in [0.25, 0.3) is 0 Å². The van der Waals surface area contributed by atoms with Gasteiger partial charge >= 0.3 is 0 Å². The Hall–Kier alpha value is -0.900. The average molecular weight is 263 g/mol. The van der Waals surface area contributed by atoms with Gasteiger partial charge in [0.1, 0.15) is 12.2 Å². The molecule has 0 amide bonds. The van der Waals surface area contributed by atoms with E-state index in [0.29, 0.717) is 12.6 Å². The maximum Gasteiger partial charge on any atom is 0.107 e. The Kier molecular flexibility index (Phi) is 4.61. The molecule has 19 heavy (non-hydrogen) atoms. The number of aliphatic hydroxyl groups is 1. The highest BCUT2D eigenvalue weighted by atomic mass is 16.5. The Labute approximate surface area is 116 Å². The lowest BCUT2D eigenvalue weighted by Gasteiger charge is -2.37. The van der Waals surface area contributed by atoms with E-state index in [4.69, 9.17) is 4.74 Å². The van der Waals surface area contributed by atoms with Crippen LogP contribution in [-0.4, -0.2) is 41.8 Å². The Morgan fingerprint density at radius 3 is 2.68 bits per heavy atom. The number of rotatable bonds is 3. The first kappa shape index (κ1) is 14.5. The summed E-state index contributed by atoms with van der Waals surface area (Å²) in [6, 6.07) is 6.68. The summed E-state index contributed by atoms with van der Waals surface area (Å²) in [5, 5.41) is 10.6. The summed E-state index contributed by atoms with van der Waals surface area (Å²) in [6.07, 6.45) is -0.667. The van der Waals surface area contributed by atoms with Crippen molar-refractivity contribution in [2.24, 2.45) is 0 Å². The maximum atomic E-state index is 10.6. The molecule has 106 valence electrons. The molecule has 1 aliphatic rings. The molecule has 1 aromatic carbocycles. The third kappa shape index (κ3) is 3.35. The number of aryl methyl sites for hydroxylation is 2. The van der Waals surface area contributed by atoms with Crippen LogP contribution in [0.5, 0.6) is 0 Å². The van der Waals surface area contributed by atoms with Crippen LogP contribution in [-0.2, 0) is 4.74 Å². The van der Waals surface area contributed by atoms with Gasteiger partial charge in [0.2, 0.25) is 0 Å². The molecular formula is C16H25NO2. The van der Waals surface area contributed by atoms with E-state index in [-0.39, 0.29) is 6.10 Å². The van der Waals surface area contributed by atoms with Gasteiger partial charge in [-0.05, 0) is 38.8 Å². The lowest BCUT2D eigenvalue weighted by molar-refractivity contribution is -0.0963. The van der Waals surface area contributed by atoms with Crippen LogP contribution in [0.3, 0.4) is 0 Å². The van der Waals surface area contributed by atoms with Crippen molar-refractivity contribution in [3.63, 3.8) is 0 Å². The van der Waals surface area contributed by atoms with Crippen molar-refractivity contribution in [2.75, 3.05) is 19.7 Å². The highest BCUT2D eigenvalue weighted by molar-refractivity contribution is 5.32. The first-order valence-corrected chi connectivity index (χ1v) is 7.10. The maximum absolute atomic E-state index is 10.6. The van der Waals surface area contributed by atoms with Gasteiger partial charge in [0, 0.05) is 19.1 Å². The van der Waals surface area contributed by atoms with E-state index in [1.165, 1.54) is 5.56 Å². The molecule has 0 bridgehead atoms. The molecule has 1 aliphatic heterocycles. The van der Waals surface area contributed by atoms with Crippen molar-refractivity contribution in [3.05, 3.63) is 34.9 Å². The van der Waals surface area contributed by atoms with Crippen molar-refractivity contribution in [1.82, 2.24) is 4.90 Å². The molecule has 1 fully saturated rings. The van der Waals surface area contributed by atoms with E-state index in [1.807, 2.05) is 6.07 Å². The topological polar surface area (TPSA) is 32.7 Å². The Morgan fingerprint density at radius 2 is 2.05 bits per heavy atom. The summed E-state index contributed by atoms with van der Waals surface area (Å²) in [6.45, 7) is 10.9. The molecule has 2 rings (SSSR count). The minimum Gasteiger partial charge on any atom is -0.386 e. The van der Waals surface area contributed by atoms with Gasteiger partial charge < -0.3 is 9.84 Å². The molecule has 2 atom stereocenters. The quantitative estimate of drug-likeness (QED) is 0.909. The smallest absolute Gasteiger partial charge is 0.107 e. The third-order valence-electron chi connectivity index (χ3n) is 3.95. The average Bonchev–Trinajstić information content (AvgIpc) is 2.38. The highest BCUT2D eigenvalue weighted by Crippen LogP contribution is 2.26. The number of morpholine rings is 1. The van der Waals surface area contributed by atoms with E-state index in [1.54, 1.807) is 0 Å². The Balaban J connectivity index is 2.12. The second-order valence-corrected chi connectivity index (χ2v) is 5.80. The number of aliphatic hydroxyl groups excluding tert-OH is 1. The van der Waals surface area contributed by atoms with Gasteiger partial charge in [-0.3, -0.25) is 4.90 Å². The molecule has 1 heterocycles.